The van der Waals surface area contributed by atoms with E-state index in [0.29, 0.717) is 26.1 Å². The maximum atomic E-state index is 12.7. The topological polar surface area (TPSA) is 65.5 Å². The van der Waals surface area contributed by atoms with Crippen LogP contribution < -0.4 is 5.56 Å². The number of amides is 1. The molecule has 0 saturated heterocycles. The molecule has 0 bridgehead atoms. The van der Waals surface area contributed by atoms with E-state index in [1.54, 1.807) is 12.3 Å². The molecule has 0 unspecified atom stereocenters. The summed E-state index contributed by atoms with van der Waals surface area (Å²) in [4.78, 5) is 33.4. The Labute approximate surface area is 168 Å². The summed E-state index contributed by atoms with van der Waals surface area (Å²) in [5.41, 5.74) is 8.56. The Morgan fingerprint density at radius 3 is 2.72 bits per heavy atom. The molecule has 1 N–H and O–H groups in total. The van der Waals surface area contributed by atoms with Gasteiger partial charge in [-0.05, 0) is 41.3 Å². The van der Waals surface area contributed by atoms with Crippen LogP contribution in [0.2, 0.25) is 0 Å². The number of hydrogen-bond donors (Lipinski definition) is 1. The molecule has 2 aromatic carbocycles. The van der Waals surface area contributed by atoms with E-state index in [1.165, 1.54) is 17.2 Å². The average Bonchev–Trinajstić information content (AvgIpc) is 3.10. The van der Waals surface area contributed by atoms with E-state index >= 15 is 0 Å². The monoisotopic (exact) mass is 383 g/mol. The number of rotatable bonds is 3. The number of nitrogens with zero attached hydrogens (tertiary/aromatic N) is 2. The predicted molar refractivity (Wildman–Crippen MR) is 112 cm³/mol. The molecule has 29 heavy (non-hydrogen) atoms. The molecule has 0 radical (unpaired) electrons. The summed E-state index contributed by atoms with van der Waals surface area (Å²) in [6.45, 7) is 3.91. The third-order valence-corrected chi connectivity index (χ3v) is 5.66. The molecule has 5 heteroatoms. The molecule has 5 nitrogen and oxygen atoms in total. The molecule has 3 aromatic rings. The lowest BCUT2D eigenvalue weighted by Gasteiger charge is -2.29. The Bertz CT molecular complexity index is 1200. The summed E-state index contributed by atoms with van der Waals surface area (Å²) in [6, 6.07) is 15.9. The quantitative estimate of drug-likeness (QED) is 0.755. The number of H-pyrrole nitrogens is 1. The summed E-state index contributed by atoms with van der Waals surface area (Å²) >= 11 is 0. The van der Waals surface area contributed by atoms with Gasteiger partial charge in [0.15, 0.2) is 0 Å². The molecular weight excluding hydrogens is 362 g/mol. The van der Waals surface area contributed by atoms with Crippen LogP contribution in [0.25, 0.3) is 0 Å². The van der Waals surface area contributed by atoms with Crippen molar-refractivity contribution in [2.75, 3.05) is 0 Å². The van der Waals surface area contributed by atoms with Gasteiger partial charge in [0.2, 0.25) is 11.5 Å². The molecule has 144 valence electrons. The largest absolute Gasteiger partial charge is 0.334 e. The molecule has 0 saturated carbocycles. The SMILES string of the molecule is Cc1cccc(CN2Cc3cc4c(cc3CC2=O)CN=C4c2ccc(=O)[nH]c2)c1. The number of fused-ring (bicyclic) bond motifs is 2. The minimum atomic E-state index is -0.122. The van der Waals surface area contributed by atoms with Crippen molar-refractivity contribution in [1.29, 1.82) is 0 Å². The van der Waals surface area contributed by atoms with Gasteiger partial charge in [-0.25, -0.2) is 0 Å². The van der Waals surface area contributed by atoms with Gasteiger partial charge in [-0.1, -0.05) is 35.9 Å². The van der Waals surface area contributed by atoms with E-state index in [2.05, 4.69) is 47.2 Å². The highest BCUT2D eigenvalue weighted by Crippen LogP contribution is 2.30. The van der Waals surface area contributed by atoms with Crippen molar-refractivity contribution in [3.8, 4) is 0 Å². The van der Waals surface area contributed by atoms with Crippen molar-refractivity contribution in [3.05, 3.63) is 104 Å². The molecule has 5 rings (SSSR count). The Balaban J connectivity index is 1.45. The van der Waals surface area contributed by atoms with Gasteiger partial charge in [0.1, 0.15) is 0 Å². The van der Waals surface area contributed by atoms with E-state index < -0.39 is 0 Å². The summed E-state index contributed by atoms with van der Waals surface area (Å²) in [5, 5.41) is 0. The first-order chi connectivity index (χ1) is 14.1. The van der Waals surface area contributed by atoms with Crippen LogP contribution in [0.3, 0.4) is 0 Å². The third kappa shape index (κ3) is 3.29. The van der Waals surface area contributed by atoms with Gasteiger partial charge in [0.05, 0.1) is 18.7 Å². The molecule has 1 amide bonds. The van der Waals surface area contributed by atoms with Crippen LogP contribution >= 0.6 is 0 Å². The van der Waals surface area contributed by atoms with E-state index in [0.717, 1.165) is 33.5 Å². The summed E-state index contributed by atoms with van der Waals surface area (Å²) < 4.78 is 0. The number of pyridine rings is 1. The number of nitrogens with one attached hydrogen (secondary N) is 1. The average molecular weight is 383 g/mol. The highest BCUT2D eigenvalue weighted by molar-refractivity contribution is 6.15. The van der Waals surface area contributed by atoms with Crippen LogP contribution in [0.15, 0.2) is 64.5 Å². The van der Waals surface area contributed by atoms with Gasteiger partial charge in [-0.15, -0.1) is 0 Å². The second-order valence-corrected chi connectivity index (χ2v) is 7.80. The lowest BCUT2D eigenvalue weighted by Crippen LogP contribution is -2.35. The molecule has 2 aliphatic rings. The summed E-state index contributed by atoms with van der Waals surface area (Å²) in [5.74, 6) is 0.165. The van der Waals surface area contributed by atoms with Gasteiger partial charge < -0.3 is 9.88 Å². The highest BCUT2D eigenvalue weighted by atomic mass is 16.2. The molecular formula is C24H21N3O2. The van der Waals surface area contributed by atoms with Crippen molar-refractivity contribution in [1.82, 2.24) is 9.88 Å². The van der Waals surface area contributed by atoms with E-state index in [4.69, 9.17) is 0 Å². The first-order valence-corrected chi connectivity index (χ1v) is 9.79. The zero-order valence-corrected chi connectivity index (χ0v) is 16.2. The zero-order chi connectivity index (χ0) is 20.0. The number of aromatic nitrogens is 1. The summed E-state index contributed by atoms with van der Waals surface area (Å²) in [7, 11) is 0. The van der Waals surface area contributed by atoms with Crippen LogP contribution in [0.1, 0.15) is 38.9 Å². The van der Waals surface area contributed by atoms with Gasteiger partial charge in [-0.3, -0.25) is 14.6 Å². The highest BCUT2D eigenvalue weighted by Gasteiger charge is 2.27. The van der Waals surface area contributed by atoms with Gasteiger partial charge in [-0.2, -0.15) is 0 Å². The van der Waals surface area contributed by atoms with Gasteiger partial charge >= 0.3 is 0 Å². The molecule has 0 spiro atoms. The normalized spacial score (nSPS) is 15.1. The number of hydrogen-bond acceptors (Lipinski definition) is 3. The van der Waals surface area contributed by atoms with Crippen molar-refractivity contribution in [3.63, 3.8) is 0 Å². The molecule has 2 aliphatic heterocycles. The molecule has 0 atom stereocenters. The Kier molecular flexibility index (Phi) is 4.16. The maximum absolute atomic E-state index is 12.7. The predicted octanol–water partition coefficient (Wildman–Crippen LogP) is 3.12. The Morgan fingerprint density at radius 1 is 1.03 bits per heavy atom. The third-order valence-electron chi connectivity index (χ3n) is 5.66. The number of aromatic amines is 1. The number of benzene rings is 2. The number of carbonyl (C=O) groups excluding carboxylic acids is 1. The number of carbonyl (C=O) groups is 1. The second-order valence-electron chi connectivity index (χ2n) is 7.80. The molecule has 1 aromatic heterocycles. The molecule has 0 fully saturated rings. The van der Waals surface area contributed by atoms with Crippen LogP contribution in [-0.2, 0) is 30.8 Å². The fraction of sp³-hybridized carbons (Fsp3) is 0.208. The second kappa shape index (κ2) is 6.85. The standard InChI is InChI=1S/C24H21N3O2/c1-15-3-2-4-16(7-15)13-27-14-20-9-21-19(8-18(20)10-23(27)29)12-26-24(21)17-5-6-22(28)25-11-17/h2-9,11H,10,12-14H2,1H3,(H,25,28). The lowest BCUT2D eigenvalue weighted by molar-refractivity contribution is -0.132. The fourth-order valence-electron chi connectivity index (χ4n) is 4.20. The lowest BCUT2D eigenvalue weighted by atomic mass is 9.91. The fourth-order valence-corrected chi connectivity index (χ4v) is 4.20. The Hall–Kier alpha value is -3.47. The van der Waals surface area contributed by atoms with Gasteiger partial charge in [0, 0.05) is 36.5 Å². The van der Waals surface area contributed by atoms with E-state index in [-0.39, 0.29) is 11.5 Å². The first-order valence-electron chi connectivity index (χ1n) is 9.79. The van der Waals surface area contributed by atoms with Gasteiger partial charge in [0.25, 0.3) is 0 Å². The minimum absolute atomic E-state index is 0.122. The Morgan fingerprint density at radius 2 is 1.93 bits per heavy atom. The maximum Gasteiger partial charge on any atom is 0.247 e. The van der Waals surface area contributed by atoms with E-state index in [1.807, 2.05) is 11.0 Å². The van der Waals surface area contributed by atoms with Crippen molar-refractivity contribution in [2.24, 2.45) is 4.99 Å². The van der Waals surface area contributed by atoms with Crippen molar-refractivity contribution < 1.29 is 4.79 Å². The van der Waals surface area contributed by atoms with Crippen LogP contribution in [0, 0.1) is 6.92 Å². The molecule has 3 heterocycles. The smallest absolute Gasteiger partial charge is 0.247 e. The van der Waals surface area contributed by atoms with Crippen LogP contribution in [0.4, 0.5) is 0 Å². The van der Waals surface area contributed by atoms with Crippen LogP contribution in [0.5, 0.6) is 0 Å². The first kappa shape index (κ1) is 17.6. The van der Waals surface area contributed by atoms with Crippen molar-refractivity contribution >= 4 is 11.6 Å². The zero-order valence-electron chi connectivity index (χ0n) is 16.2. The number of aliphatic imine (C=N–C) groups is 1. The minimum Gasteiger partial charge on any atom is -0.334 e. The van der Waals surface area contributed by atoms with E-state index in [9.17, 15) is 9.59 Å². The van der Waals surface area contributed by atoms with Crippen molar-refractivity contribution in [2.45, 2.75) is 33.0 Å². The van der Waals surface area contributed by atoms with Crippen LogP contribution in [-0.4, -0.2) is 21.5 Å². The number of aryl methyl sites for hydroxylation is 1. The molecule has 0 aliphatic carbocycles. The summed E-state index contributed by atoms with van der Waals surface area (Å²) in [6.07, 6.45) is 2.14.